The van der Waals surface area contributed by atoms with Gasteiger partial charge in [-0.25, -0.2) is 13.2 Å². The number of hydrogen-bond acceptors (Lipinski definition) is 4. The number of carbonyl (C=O) groups is 2. The molecule has 1 aromatic rings. The predicted octanol–water partition coefficient (Wildman–Crippen LogP) is 1.08. The normalized spacial score (nSPS) is 13.1. The first kappa shape index (κ1) is 17.1. The number of aromatic carboxylic acids is 1. The number of carboxylic acid groups (broad SMARTS) is 2. The third kappa shape index (κ3) is 4.02. The zero-order chi connectivity index (χ0) is 16.4. The molecule has 0 amide bonds. The second-order valence-electron chi connectivity index (χ2n) is 4.97. The summed E-state index contributed by atoms with van der Waals surface area (Å²) in [5.74, 6) is -3.01. The van der Waals surface area contributed by atoms with Gasteiger partial charge in [-0.05, 0) is 30.5 Å². The van der Waals surface area contributed by atoms with E-state index in [1.807, 2.05) is 0 Å². The molecule has 0 radical (unpaired) electrons. The van der Waals surface area contributed by atoms with Crippen molar-refractivity contribution in [2.24, 2.45) is 5.92 Å². The number of nitrogens with one attached hydrogen (secondary N) is 1. The highest BCUT2D eigenvalue weighted by Crippen LogP contribution is 2.18. The molecule has 1 aromatic carbocycles. The fraction of sp³-hybridized carbons (Fsp3) is 0.385. The van der Waals surface area contributed by atoms with Crippen molar-refractivity contribution in [1.29, 1.82) is 0 Å². The number of aryl methyl sites for hydroxylation is 1. The first-order chi connectivity index (χ1) is 9.56. The second kappa shape index (κ2) is 6.23. The molecule has 1 atom stereocenters. The molecule has 0 aromatic heterocycles. The van der Waals surface area contributed by atoms with E-state index in [2.05, 4.69) is 4.72 Å². The SMILES string of the molecule is Cc1ccc(C(=O)O)cc1S(=O)(=O)NC(C(=O)O)C(C)C. The first-order valence-corrected chi connectivity index (χ1v) is 7.63. The monoisotopic (exact) mass is 315 g/mol. The van der Waals surface area contributed by atoms with E-state index in [9.17, 15) is 18.0 Å². The van der Waals surface area contributed by atoms with E-state index in [1.165, 1.54) is 19.1 Å². The smallest absolute Gasteiger partial charge is 0.335 e. The minimum Gasteiger partial charge on any atom is -0.480 e. The third-order valence-corrected chi connectivity index (χ3v) is 4.52. The minimum atomic E-state index is -4.13. The zero-order valence-electron chi connectivity index (χ0n) is 11.8. The Hall–Kier alpha value is -1.93. The Bertz CT molecular complexity index is 665. The summed E-state index contributed by atoms with van der Waals surface area (Å²) in [7, 11) is -4.13. The quantitative estimate of drug-likeness (QED) is 0.722. The average Bonchev–Trinajstić information content (AvgIpc) is 2.35. The van der Waals surface area contributed by atoms with Crippen LogP contribution >= 0.6 is 0 Å². The van der Waals surface area contributed by atoms with Gasteiger partial charge in [0.25, 0.3) is 0 Å². The lowest BCUT2D eigenvalue weighted by Crippen LogP contribution is -2.44. The number of benzene rings is 1. The fourth-order valence-corrected chi connectivity index (χ4v) is 3.33. The van der Waals surface area contributed by atoms with Crippen LogP contribution in [0.1, 0.15) is 29.8 Å². The van der Waals surface area contributed by atoms with Crippen LogP contribution in [0.2, 0.25) is 0 Å². The maximum atomic E-state index is 12.3. The summed E-state index contributed by atoms with van der Waals surface area (Å²) < 4.78 is 26.7. The molecule has 0 heterocycles. The van der Waals surface area contributed by atoms with E-state index in [0.29, 0.717) is 5.56 Å². The van der Waals surface area contributed by atoms with Crippen LogP contribution in [0.3, 0.4) is 0 Å². The van der Waals surface area contributed by atoms with Crippen molar-refractivity contribution in [3.63, 3.8) is 0 Å². The highest BCUT2D eigenvalue weighted by Gasteiger charge is 2.29. The molecule has 0 saturated heterocycles. The molecule has 0 spiro atoms. The topological polar surface area (TPSA) is 121 Å². The van der Waals surface area contributed by atoms with E-state index >= 15 is 0 Å². The van der Waals surface area contributed by atoms with Crippen molar-refractivity contribution < 1.29 is 28.2 Å². The van der Waals surface area contributed by atoms with Gasteiger partial charge in [0.2, 0.25) is 10.0 Å². The molecule has 0 aliphatic heterocycles. The summed E-state index contributed by atoms with van der Waals surface area (Å²) in [4.78, 5) is 21.8. The third-order valence-electron chi connectivity index (χ3n) is 2.94. The van der Waals surface area contributed by atoms with Crippen LogP contribution in [0.25, 0.3) is 0 Å². The molecule has 21 heavy (non-hydrogen) atoms. The first-order valence-electron chi connectivity index (χ1n) is 6.15. The standard InChI is InChI=1S/C13H17NO6S/c1-7(2)11(13(17)18)14-21(19,20)10-6-9(12(15)16)5-4-8(10)3/h4-7,11,14H,1-3H3,(H,15,16)(H,17,18). The fourth-order valence-electron chi connectivity index (χ4n) is 1.72. The number of hydrogen-bond donors (Lipinski definition) is 3. The number of aliphatic carboxylic acids is 1. The van der Waals surface area contributed by atoms with Gasteiger partial charge in [0.05, 0.1) is 10.5 Å². The van der Waals surface area contributed by atoms with E-state index in [0.717, 1.165) is 6.07 Å². The van der Waals surface area contributed by atoms with Crippen LogP contribution in [0, 0.1) is 12.8 Å². The lowest BCUT2D eigenvalue weighted by Gasteiger charge is -2.19. The van der Waals surface area contributed by atoms with Crippen molar-refractivity contribution in [2.75, 3.05) is 0 Å². The lowest BCUT2D eigenvalue weighted by molar-refractivity contribution is -0.140. The van der Waals surface area contributed by atoms with E-state index in [1.54, 1.807) is 13.8 Å². The maximum Gasteiger partial charge on any atom is 0.335 e. The van der Waals surface area contributed by atoms with E-state index < -0.39 is 33.9 Å². The van der Waals surface area contributed by atoms with Gasteiger partial charge in [-0.3, -0.25) is 4.79 Å². The molecule has 8 heteroatoms. The number of sulfonamides is 1. The highest BCUT2D eigenvalue weighted by molar-refractivity contribution is 7.89. The molecular formula is C13H17NO6S. The van der Waals surface area contributed by atoms with Crippen molar-refractivity contribution in [1.82, 2.24) is 4.72 Å². The van der Waals surface area contributed by atoms with Crippen molar-refractivity contribution in [3.05, 3.63) is 29.3 Å². The lowest BCUT2D eigenvalue weighted by atomic mass is 10.1. The van der Waals surface area contributed by atoms with Crippen molar-refractivity contribution in [2.45, 2.75) is 31.7 Å². The van der Waals surface area contributed by atoms with Crippen LogP contribution in [0.4, 0.5) is 0 Å². The van der Waals surface area contributed by atoms with Crippen LogP contribution in [-0.4, -0.2) is 36.6 Å². The summed E-state index contributed by atoms with van der Waals surface area (Å²) in [5, 5.41) is 18.0. The van der Waals surface area contributed by atoms with Gasteiger partial charge in [0, 0.05) is 0 Å². The Morgan fingerprint density at radius 2 is 1.76 bits per heavy atom. The Morgan fingerprint density at radius 1 is 1.19 bits per heavy atom. The summed E-state index contributed by atoms with van der Waals surface area (Å²) in [5.41, 5.74) is 0.151. The van der Waals surface area contributed by atoms with E-state index in [4.69, 9.17) is 10.2 Å². The summed E-state index contributed by atoms with van der Waals surface area (Å²) in [6.45, 7) is 4.65. The highest BCUT2D eigenvalue weighted by atomic mass is 32.2. The number of carboxylic acids is 2. The van der Waals surface area contributed by atoms with Gasteiger partial charge in [0.15, 0.2) is 0 Å². The second-order valence-corrected chi connectivity index (χ2v) is 6.65. The molecule has 1 unspecified atom stereocenters. The van der Waals surface area contributed by atoms with E-state index in [-0.39, 0.29) is 10.5 Å². The molecule has 0 saturated carbocycles. The van der Waals surface area contributed by atoms with Gasteiger partial charge >= 0.3 is 11.9 Å². The molecule has 3 N–H and O–H groups in total. The van der Waals surface area contributed by atoms with Crippen LogP contribution in [0.5, 0.6) is 0 Å². The molecule has 0 bridgehead atoms. The molecule has 0 aliphatic carbocycles. The molecule has 0 fully saturated rings. The van der Waals surface area contributed by atoms with Crippen LogP contribution in [0.15, 0.2) is 23.1 Å². The van der Waals surface area contributed by atoms with Crippen LogP contribution in [-0.2, 0) is 14.8 Å². The Labute approximate surface area is 122 Å². The maximum absolute atomic E-state index is 12.3. The predicted molar refractivity (Wildman–Crippen MR) is 74.7 cm³/mol. The van der Waals surface area contributed by atoms with Gasteiger partial charge in [-0.15, -0.1) is 0 Å². The Morgan fingerprint density at radius 3 is 2.19 bits per heavy atom. The van der Waals surface area contributed by atoms with Gasteiger partial charge in [0.1, 0.15) is 6.04 Å². The molecule has 0 aliphatic rings. The molecule has 1 rings (SSSR count). The van der Waals surface area contributed by atoms with Gasteiger partial charge in [-0.1, -0.05) is 19.9 Å². The largest absolute Gasteiger partial charge is 0.480 e. The van der Waals surface area contributed by atoms with Gasteiger partial charge in [-0.2, -0.15) is 4.72 Å². The van der Waals surface area contributed by atoms with Crippen molar-refractivity contribution >= 4 is 22.0 Å². The van der Waals surface area contributed by atoms with Gasteiger partial charge < -0.3 is 10.2 Å². The molecule has 116 valence electrons. The van der Waals surface area contributed by atoms with Crippen molar-refractivity contribution in [3.8, 4) is 0 Å². The van der Waals surface area contributed by atoms with Crippen LogP contribution < -0.4 is 4.72 Å². The summed E-state index contributed by atoms with van der Waals surface area (Å²) in [6.07, 6.45) is 0. The zero-order valence-corrected chi connectivity index (χ0v) is 12.6. The summed E-state index contributed by atoms with van der Waals surface area (Å²) in [6, 6.07) is 2.37. The Kier molecular flexibility index (Phi) is 5.08. The molecule has 7 nitrogen and oxygen atoms in total. The Balaban J connectivity index is 3.27. The number of rotatable bonds is 6. The molecular weight excluding hydrogens is 298 g/mol. The minimum absolute atomic E-state index is 0.183. The average molecular weight is 315 g/mol. The summed E-state index contributed by atoms with van der Waals surface area (Å²) >= 11 is 0.